The molecule has 0 saturated heterocycles. The van der Waals surface area contributed by atoms with E-state index in [1.54, 1.807) is 0 Å². The molecule has 0 bridgehead atoms. The highest BCUT2D eigenvalue weighted by atomic mass is 79.9. The number of hydrogen-bond acceptors (Lipinski definition) is 2. The number of halogens is 3. The van der Waals surface area contributed by atoms with Crippen molar-refractivity contribution in [2.24, 2.45) is 5.41 Å². The zero-order chi connectivity index (χ0) is 20.2. The molecule has 0 saturated carbocycles. The lowest BCUT2D eigenvalue weighted by Gasteiger charge is -2.32. The Labute approximate surface area is 187 Å². The Morgan fingerprint density at radius 3 is 1.85 bits per heavy atom. The van der Waals surface area contributed by atoms with E-state index in [0.29, 0.717) is 33.0 Å². The van der Waals surface area contributed by atoms with Crippen molar-refractivity contribution in [3.63, 3.8) is 0 Å². The summed E-state index contributed by atoms with van der Waals surface area (Å²) in [5.41, 5.74) is 2.91. The van der Waals surface area contributed by atoms with Crippen molar-refractivity contribution >= 4 is 65.8 Å². The second-order valence-corrected chi connectivity index (χ2v) is 11.6. The second kappa shape index (κ2) is 9.52. The number of alkyl halides is 3. The third kappa shape index (κ3) is 4.86. The van der Waals surface area contributed by atoms with E-state index >= 15 is 0 Å². The van der Waals surface area contributed by atoms with Crippen LogP contribution < -0.4 is 5.30 Å². The Bertz CT molecular complexity index is 830. The highest BCUT2D eigenvalue weighted by molar-refractivity contribution is 9.10. The predicted octanol–water partition coefficient (Wildman–Crippen LogP) is 6.61. The SMILES string of the molecule is Cc1cc(C)c(C(=O)P(=O)(CC(CBr)(CBr)CBr)c2ccccc2)c(C)c1. The van der Waals surface area contributed by atoms with Gasteiger partial charge >= 0.3 is 0 Å². The van der Waals surface area contributed by atoms with Gasteiger partial charge < -0.3 is 4.57 Å². The molecule has 1 atom stereocenters. The van der Waals surface area contributed by atoms with Gasteiger partial charge in [0, 0.05) is 38.4 Å². The van der Waals surface area contributed by atoms with Gasteiger partial charge in [-0.15, -0.1) is 0 Å². The number of hydrogen-bond donors (Lipinski definition) is 0. The minimum atomic E-state index is -3.35. The zero-order valence-corrected chi connectivity index (χ0v) is 21.4. The minimum absolute atomic E-state index is 0.240. The molecule has 2 aromatic rings. The number of rotatable bonds is 8. The van der Waals surface area contributed by atoms with Crippen LogP contribution in [0.5, 0.6) is 0 Å². The zero-order valence-electron chi connectivity index (χ0n) is 15.8. The minimum Gasteiger partial charge on any atom is -0.310 e. The molecule has 0 fully saturated rings. The van der Waals surface area contributed by atoms with Gasteiger partial charge in [-0.3, -0.25) is 4.79 Å². The van der Waals surface area contributed by atoms with Crippen LogP contribution in [0.25, 0.3) is 0 Å². The van der Waals surface area contributed by atoms with E-state index in [1.807, 2.05) is 63.2 Å². The molecule has 1 unspecified atom stereocenters. The Balaban J connectivity index is 2.68. The monoisotopic (exact) mass is 576 g/mol. The Hall–Kier alpha value is -0.220. The summed E-state index contributed by atoms with van der Waals surface area (Å²) in [7, 11) is -3.35. The maximum Gasteiger partial charge on any atom is 0.226 e. The highest BCUT2D eigenvalue weighted by Crippen LogP contribution is 2.54. The van der Waals surface area contributed by atoms with Gasteiger partial charge in [-0.05, 0) is 31.9 Å². The molecule has 0 aliphatic carbocycles. The summed E-state index contributed by atoms with van der Waals surface area (Å²) in [4.78, 5) is 13.7. The summed E-state index contributed by atoms with van der Waals surface area (Å²) < 4.78 is 14.4. The number of aryl methyl sites for hydroxylation is 3. The first-order valence-electron chi connectivity index (χ1n) is 8.68. The number of benzene rings is 2. The molecular weight excluding hydrogens is 555 g/mol. The van der Waals surface area contributed by atoms with Crippen LogP contribution in [0.2, 0.25) is 0 Å². The topological polar surface area (TPSA) is 34.1 Å². The summed E-state index contributed by atoms with van der Waals surface area (Å²) >= 11 is 10.7. The average Bonchev–Trinajstić information content (AvgIpc) is 2.66. The molecule has 0 amide bonds. The molecule has 0 radical (unpaired) electrons. The van der Waals surface area contributed by atoms with Gasteiger partial charge in [0.05, 0.1) is 0 Å². The van der Waals surface area contributed by atoms with E-state index in [1.165, 1.54) is 0 Å². The molecule has 27 heavy (non-hydrogen) atoms. The molecule has 0 N–H and O–H groups in total. The predicted molar refractivity (Wildman–Crippen MR) is 127 cm³/mol. The summed E-state index contributed by atoms with van der Waals surface area (Å²) in [6, 6.07) is 13.2. The molecule has 2 nitrogen and oxygen atoms in total. The standard InChI is InChI=1S/C21H24Br3O2P/c1-15-9-16(2)19(17(3)10-15)20(25)27(26,18-7-5-4-6-8-18)14-21(11-22,12-23)13-24/h4-10H,11-14H2,1-3H3. The van der Waals surface area contributed by atoms with Gasteiger partial charge in [0.2, 0.25) is 5.52 Å². The van der Waals surface area contributed by atoms with Crippen LogP contribution in [0.15, 0.2) is 42.5 Å². The molecule has 0 aromatic heterocycles. The smallest absolute Gasteiger partial charge is 0.226 e. The van der Waals surface area contributed by atoms with E-state index < -0.39 is 7.14 Å². The lowest BCUT2D eigenvalue weighted by Crippen LogP contribution is -2.35. The highest BCUT2D eigenvalue weighted by Gasteiger charge is 2.43. The van der Waals surface area contributed by atoms with Crippen LogP contribution in [-0.4, -0.2) is 27.7 Å². The molecule has 2 aromatic carbocycles. The van der Waals surface area contributed by atoms with Gasteiger partial charge in [0.15, 0.2) is 7.14 Å². The van der Waals surface area contributed by atoms with E-state index in [9.17, 15) is 9.36 Å². The van der Waals surface area contributed by atoms with E-state index in [2.05, 4.69) is 47.8 Å². The normalized spacial score (nSPS) is 14.0. The van der Waals surface area contributed by atoms with Gasteiger partial charge in [0.1, 0.15) is 0 Å². The molecular formula is C21H24Br3O2P. The van der Waals surface area contributed by atoms with Gasteiger partial charge in [-0.1, -0.05) is 95.8 Å². The van der Waals surface area contributed by atoms with Crippen molar-refractivity contribution in [2.45, 2.75) is 20.8 Å². The first kappa shape index (κ1) is 23.1. The van der Waals surface area contributed by atoms with Crippen molar-refractivity contribution in [3.8, 4) is 0 Å². The maximum absolute atomic E-state index is 14.4. The van der Waals surface area contributed by atoms with Crippen LogP contribution in [0.3, 0.4) is 0 Å². The van der Waals surface area contributed by atoms with Gasteiger partial charge in [0.25, 0.3) is 0 Å². The first-order chi connectivity index (χ1) is 12.7. The van der Waals surface area contributed by atoms with Gasteiger partial charge in [-0.2, -0.15) is 0 Å². The molecule has 0 aliphatic rings. The first-order valence-corrected chi connectivity index (χ1v) is 13.9. The van der Waals surface area contributed by atoms with E-state index in [4.69, 9.17) is 0 Å². The third-order valence-corrected chi connectivity index (χ3v) is 11.5. The van der Waals surface area contributed by atoms with Crippen LogP contribution in [0.1, 0.15) is 27.0 Å². The lowest BCUT2D eigenvalue weighted by atomic mass is 10.00. The van der Waals surface area contributed by atoms with Crippen molar-refractivity contribution in [2.75, 3.05) is 22.2 Å². The summed E-state index contributed by atoms with van der Waals surface area (Å²) in [5.74, 6) is 0. The fraction of sp³-hybridized carbons (Fsp3) is 0.381. The molecule has 0 heterocycles. The van der Waals surface area contributed by atoms with Crippen molar-refractivity contribution < 1.29 is 9.36 Å². The molecule has 6 heteroatoms. The molecule has 146 valence electrons. The number of carbonyl (C=O) groups excluding carboxylic acids is 1. The fourth-order valence-electron chi connectivity index (χ4n) is 3.35. The van der Waals surface area contributed by atoms with Gasteiger partial charge in [-0.25, -0.2) is 0 Å². The molecule has 0 aliphatic heterocycles. The van der Waals surface area contributed by atoms with Crippen LogP contribution in [-0.2, 0) is 4.57 Å². The lowest BCUT2D eigenvalue weighted by molar-refractivity contribution is 0.107. The molecule has 0 spiro atoms. The van der Waals surface area contributed by atoms with Crippen molar-refractivity contribution in [1.29, 1.82) is 0 Å². The molecule has 2 rings (SSSR count). The Morgan fingerprint density at radius 1 is 0.926 bits per heavy atom. The largest absolute Gasteiger partial charge is 0.310 e. The Morgan fingerprint density at radius 2 is 1.41 bits per heavy atom. The van der Waals surface area contributed by atoms with Crippen LogP contribution >= 0.6 is 54.9 Å². The average molecular weight is 579 g/mol. The Kier molecular flexibility index (Phi) is 8.13. The third-order valence-electron chi connectivity index (χ3n) is 4.80. The summed E-state index contributed by atoms with van der Waals surface area (Å²) in [6.45, 7) is 5.86. The van der Waals surface area contributed by atoms with E-state index in [0.717, 1.165) is 16.7 Å². The van der Waals surface area contributed by atoms with E-state index in [-0.39, 0.29) is 10.9 Å². The van der Waals surface area contributed by atoms with Crippen LogP contribution in [0, 0.1) is 26.2 Å². The number of carbonyl (C=O) groups is 1. The summed E-state index contributed by atoms with van der Waals surface area (Å²) in [6.07, 6.45) is 0.303. The van der Waals surface area contributed by atoms with Crippen molar-refractivity contribution in [1.82, 2.24) is 0 Å². The fourth-order valence-corrected chi connectivity index (χ4v) is 10.9. The quantitative estimate of drug-likeness (QED) is 0.261. The maximum atomic E-state index is 14.4. The summed E-state index contributed by atoms with van der Waals surface area (Å²) in [5, 5.41) is 2.56. The second-order valence-electron chi connectivity index (χ2n) is 7.21. The van der Waals surface area contributed by atoms with Crippen LogP contribution in [0.4, 0.5) is 0 Å². The van der Waals surface area contributed by atoms with Crippen molar-refractivity contribution in [3.05, 3.63) is 64.7 Å².